The number of carbonyl (C=O) groups excluding carboxylic acids is 12. The fourth-order valence-corrected chi connectivity index (χ4v) is 19.2. The zero-order chi connectivity index (χ0) is 100. The van der Waals surface area contributed by atoms with Crippen LogP contribution in [0.5, 0.6) is 28.7 Å². The molecule has 10 amide bonds. The second kappa shape index (κ2) is 49.7. The third-order valence-electron chi connectivity index (χ3n) is 23.1. The fourth-order valence-electron chi connectivity index (χ4n) is 14.5. The molecule has 8 N–H and O–H groups in total. The number of aliphatic hydroxyl groups is 3. The zero-order valence-electron chi connectivity index (χ0n) is 78.8. The Balaban J connectivity index is 0.000000167. The molecule has 5 saturated heterocycles. The van der Waals surface area contributed by atoms with Gasteiger partial charge >= 0.3 is 5.97 Å². The summed E-state index contributed by atoms with van der Waals surface area (Å²) in [6.07, 6.45) is 13.2. The van der Waals surface area contributed by atoms with Crippen molar-refractivity contribution in [3.05, 3.63) is 297 Å². The number of hydrogen-bond donors (Lipinski definition) is 8. The van der Waals surface area contributed by atoms with Crippen LogP contribution in [0.3, 0.4) is 0 Å². The average molecular weight is 1990 g/mol. The molecule has 0 aliphatic carbocycles. The van der Waals surface area contributed by atoms with Crippen molar-refractivity contribution in [2.45, 2.75) is 188 Å². The number of aryl methyl sites for hydroxylation is 5. The van der Waals surface area contributed by atoms with Crippen molar-refractivity contribution in [3.8, 4) is 28.7 Å². The van der Waals surface area contributed by atoms with Gasteiger partial charge in [-0.3, -0.25) is 109 Å². The first kappa shape index (κ1) is 107. The van der Waals surface area contributed by atoms with Gasteiger partial charge in [-0.05, 0) is 304 Å². The van der Waals surface area contributed by atoms with Gasteiger partial charge in [0, 0.05) is 42.6 Å². The number of imide groups is 5. The molecule has 5 aromatic carbocycles. The van der Waals surface area contributed by atoms with E-state index < -0.39 is 42.0 Å². The van der Waals surface area contributed by atoms with Gasteiger partial charge in [-0.1, -0.05) is 126 Å². The number of hydrogen-bond acceptors (Lipinski definition) is 31. The fraction of sp³-hybridized carbons (Fsp3) is 0.350. The van der Waals surface area contributed by atoms with E-state index >= 15 is 0 Å². The summed E-state index contributed by atoms with van der Waals surface area (Å²) in [7, 11) is 1.36. The van der Waals surface area contributed by atoms with E-state index in [0.717, 1.165) is 152 Å². The van der Waals surface area contributed by atoms with Crippen molar-refractivity contribution in [2.75, 3.05) is 40.1 Å². The minimum absolute atomic E-state index is 0.0949. The molecular weight excluding hydrogens is 1870 g/mol. The molecule has 0 saturated carbocycles. The molecule has 5 aliphatic heterocycles. The van der Waals surface area contributed by atoms with Crippen LogP contribution in [0.1, 0.15) is 189 Å². The highest BCUT2D eigenvalue weighted by Gasteiger charge is 2.48. The topological polar surface area (TPSA) is 446 Å². The number of nitrogens with one attached hydrogen (secondary N) is 5. The quantitative estimate of drug-likeness (QED) is 0.0132. The van der Waals surface area contributed by atoms with Gasteiger partial charge in [-0.25, -0.2) is 0 Å². The number of rotatable bonds is 37. The molecule has 0 spiro atoms. The lowest BCUT2D eigenvalue weighted by atomic mass is 9.99. The molecule has 5 fully saturated rings. The van der Waals surface area contributed by atoms with Crippen molar-refractivity contribution in [1.82, 2.24) is 51.5 Å². The number of ether oxygens (including phenoxy) is 6. The second-order valence-corrected chi connectivity index (χ2v) is 41.5. The first-order chi connectivity index (χ1) is 66.4. The number of nitrogens with zero attached hydrogens (tertiary/aromatic N) is 5. The molecule has 139 heavy (non-hydrogen) atoms. The van der Waals surface area contributed by atoms with Crippen LogP contribution in [-0.4, -0.2) is 172 Å². The zero-order valence-corrected chi connectivity index (χ0v) is 82.9. The lowest BCUT2D eigenvalue weighted by Crippen LogP contribution is -2.35. The lowest BCUT2D eigenvalue weighted by molar-refractivity contribution is -0.141. The minimum atomic E-state index is -0.806. The van der Waals surface area contributed by atoms with E-state index in [0.29, 0.717) is 83.6 Å². The van der Waals surface area contributed by atoms with Gasteiger partial charge in [-0.15, -0.1) is 0 Å². The summed E-state index contributed by atoms with van der Waals surface area (Å²) in [5.74, 6) is 0.991. The highest BCUT2D eigenvalue weighted by atomic mass is 32.2. The van der Waals surface area contributed by atoms with Crippen LogP contribution in [0.4, 0.5) is 24.0 Å². The molecule has 0 radical (unpaired) electrons. The number of pyridine rings is 5. The lowest BCUT2D eigenvalue weighted by Gasteiger charge is -2.19. The van der Waals surface area contributed by atoms with Crippen molar-refractivity contribution in [1.29, 1.82) is 0 Å². The summed E-state index contributed by atoms with van der Waals surface area (Å²) in [4.78, 5) is 162. The Bertz CT molecular complexity index is 5630. The van der Waals surface area contributed by atoms with Gasteiger partial charge in [0.25, 0.3) is 26.2 Å². The maximum Gasteiger partial charge on any atom is 0.306 e. The minimum Gasteiger partial charge on any atom is -0.493 e. The number of thioether (sulfide) groups is 5. The van der Waals surface area contributed by atoms with Crippen LogP contribution in [-0.2, 0) is 97.7 Å². The van der Waals surface area contributed by atoms with Crippen molar-refractivity contribution < 1.29 is 101 Å². The van der Waals surface area contributed by atoms with Crippen LogP contribution >= 0.6 is 58.8 Å². The molecule has 31 nitrogen and oxygen atoms in total. The van der Waals surface area contributed by atoms with E-state index in [2.05, 4.69) is 79.2 Å². The summed E-state index contributed by atoms with van der Waals surface area (Å²) in [6.45, 7) is 19.5. The SMILES string of the molecule is CCc1ccc(C(=O)COc2ccc(CC3(C)SC(=O)NC3=O)cc2)nc1.CCc1ccc(C(COc2ccc(CC3(C)SC(=O)NC3=O)cc2)CC(=O)OC)nc1.CCc1ccc(C(O)COc2ccc(CC3(C)SC(=O)NC3=O)cc2)nc1.CCc1ccc([C@@H](O)COc2ccc(CC3(C)SC(=O)NC3=O)cc2)nc1.CCc1ccc([C@H](O)COc2ccc(CC3(C)SC(=O)NC3=O)cc2)nc1. The number of benzene rings is 5. The van der Waals surface area contributed by atoms with Crippen molar-refractivity contribution in [3.63, 3.8) is 0 Å². The van der Waals surface area contributed by atoms with Crippen LogP contribution in [0.15, 0.2) is 213 Å². The van der Waals surface area contributed by atoms with Gasteiger partial charge in [0.15, 0.2) is 6.61 Å². The molecule has 15 rings (SSSR count). The maximum atomic E-state index is 12.2. The van der Waals surface area contributed by atoms with Gasteiger partial charge in [0.1, 0.15) is 96.3 Å². The third kappa shape index (κ3) is 30.9. The molecule has 730 valence electrons. The van der Waals surface area contributed by atoms with E-state index in [1.54, 1.807) is 114 Å². The van der Waals surface area contributed by atoms with Crippen LogP contribution in [0, 0.1) is 0 Å². The van der Waals surface area contributed by atoms with E-state index in [9.17, 15) is 72.9 Å². The molecule has 5 aliphatic rings. The molecule has 10 aromatic rings. The predicted molar refractivity (Wildman–Crippen MR) is 533 cm³/mol. The van der Waals surface area contributed by atoms with Crippen LogP contribution in [0.25, 0.3) is 0 Å². The second-order valence-electron chi connectivity index (χ2n) is 34.1. The number of Topliss-reactive ketones (excluding diaryl/α,β-unsaturated/α-hetero) is 1. The largest absolute Gasteiger partial charge is 0.493 e. The number of carbonyl (C=O) groups is 12. The molecule has 7 unspecified atom stereocenters. The Morgan fingerprint density at radius 2 is 0.525 bits per heavy atom. The Morgan fingerprint density at radius 1 is 0.302 bits per heavy atom. The summed E-state index contributed by atoms with van der Waals surface area (Å²) in [5.41, 5.74) is 13.1. The smallest absolute Gasteiger partial charge is 0.306 e. The number of aliphatic hydroxyl groups excluding tert-OH is 3. The summed E-state index contributed by atoms with van der Waals surface area (Å²) in [5, 5.41) is 40.7. The highest BCUT2D eigenvalue weighted by Crippen LogP contribution is 2.41. The molecule has 10 heterocycles. The number of aromatic nitrogens is 5. The monoisotopic (exact) mass is 1980 g/mol. The van der Waals surface area contributed by atoms with E-state index in [1.165, 1.54) is 7.11 Å². The van der Waals surface area contributed by atoms with Crippen LogP contribution in [0.2, 0.25) is 0 Å². The van der Waals surface area contributed by atoms with E-state index in [-0.39, 0.29) is 113 Å². The van der Waals surface area contributed by atoms with Gasteiger partial charge in [0.2, 0.25) is 35.3 Å². The average Bonchev–Trinajstić information content (AvgIpc) is 1.69. The summed E-state index contributed by atoms with van der Waals surface area (Å²) < 4.78 is 29.2. The number of esters is 1. The Kier molecular flexibility index (Phi) is 38.2. The van der Waals surface area contributed by atoms with Crippen LogP contribution < -0.4 is 50.3 Å². The Morgan fingerprint density at radius 3 is 0.734 bits per heavy atom. The summed E-state index contributed by atoms with van der Waals surface area (Å²) in [6, 6.07) is 55.2. The normalized spacial score (nSPS) is 19.8. The van der Waals surface area contributed by atoms with Gasteiger partial charge in [0.05, 0.1) is 37.2 Å². The molecule has 36 heteroatoms. The van der Waals surface area contributed by atoms with E-state index in [1.807, 2.05) is 141 Å². The first-order valence-corrected chi connectivity index (χ1v) is 49.2. The standard InChI is InChI=1S/C23H26N2O5S.3C20H22N2O4S.C20H20N2O4S/c1-4-15-7-10-19(24-13-15)17(11-20(26)29-3)14-30-18-8-5-16(6-9-18)12-23(2)21(27)25-22(28)31-23;4*1-3-13-6-9-16(21-11-13)17(23)12-26-15-7-4-14(5-8-15)10-20(2)18(24)22-19(25)27-20/h5-10,13,17H,4,11-12,14H2,1-3H3,(H,25,27,28);3*4-9,11,17,23H,3,10,12H2,1-2H3,(H,22,24,25);4-9,11H,3,10,12H2,1-2H3,(H,22,24,25)/t;2*17-,20?;;/m.10../s1. The summed E-state index contributed by atoms with van der Waals surface area (Å²) >= 11 is 5.08. The maximum absolute atomic E-state index is 12.2. The molecular formula is C103H112N10O21S5. The van der Waals surface area contributed by atoms with Crippen molar-refractivity contribution in [2.24, 2.45) is 0 Å². The third-order valence-corrected chi connectivity index (χ3v) is 28.4. The van der Waals surface area contributed by atoms with Gasteiger partial charge in [-0.2, -0.15) is 0 Å². The van der Waals surface area contributed by atoms with E-state index in [4.69, 9.17) is 28.4 Å². The highest BCUT2D eigenvalue weighted by molar-refractivity contribution is 8.17. The Hall–Kier alpha value is -12.7. The van der Waals surface area contributed by atoms with Crippen molar-refractivity contribution >= 4 is 126 Å². The molecule has 0 bridgehead atoms. The molecule has 9 atom stereocenters. The predicted octanol–water partition coefficient (Wildman–Crippen LogP) is 16.0. The number of amides is 10. The number of methoxy groups -OCH3 is 1. The first-order valence-electron chi connectivity index (χ1n) is 45.1. The van der Waals surface area contributed by atoms with Gasteiger partial charge < -0.3 is 43.7 Å². The number of ketones is 1. The Labute approximate surface area is 827 Å². The molecule has 5 aromatic heterocycles.